The number of hydrogen-bond acceptors (Lipinski definition) is 1. The Labute approximate surface area is 79.6 Å². The summed E-state index contributed by atoms with van der Waals surface area (Å²) in [5.74, 6) is -1.61. The van der Waals surface area contributed by atoms with Crippen LogP contribution in [-0.4, -0.2) is 11.1 Å². The first kappa shape index (κ1) is 8.69. The molecule has 0 aliphatic heterocycles. The molecule has 0 radical (unpaired) electrons. The quantitative estimate of drug-likeness (QED) is 0.750. The zero-order valence-electron chi connectivity index (χ0n) is 7.20. The first-order chi connectivity index (χ1) is 6.70. The van der Waals surface area contributed by atoms with Crippen LogP contribution in [0.25, 0.3) is 10.8 Å². The third-order valence-corrected chi connectivity index (χ3v) is 2.08. The molecule has 3 heteroatoms. The number of halogens is 1. The highest BCUT2D eigenvalue weighted by Crippen LogP contribution is 2.21. The third kappa shape index (κ3) is 1.23. The van der Waals surface area contributed by atoms with E-state index in [1.807, 2.05) is 0 Å². The molecule has 1 N–H and O–H groups in total. The molecule has 0 heterocycles. The molecule has 2 rings (SSSR count). The van der Waals surface area contributed by atoms with E-state index in [0.29, 0.717) is 5.39 Å². The Kier molecular flexibility index (Phi) is 1.93. The summed E-state index contributed by atoms with van der Waals surface area (Å²) in [7, 11) is 0. The fraction of sp³-hybridized carbons (Fsp3) is 0. The van der Waals surface area contributed by atoms with Crippen molar-refractivity contribution in [1.29, 1.82) is 0 Å². The van der Waals surface area contributed by atoms with Gasteiger partial charge >= 0.3 is 5.97 Å². The van der Waals surface area contributed by atoms with E-state index in [9.17, 15) is 9.18 Å². The second kappa shape index (κ2) is 3.10. The lowest BCUT2D eigenvalue weighted by Crippen LogP contribution is -1.98. The zero-order chi connectivity index (χ0) is 10.1. The number of benzene rings is 2. The number of hydrogen-bond donors (Lipinski definition) is 1. The van der Waals surface area contributed by atoms with Crippen molar-refractivity contribution in [3.8, 4) is 0 Å². The van der Waals surface area contributed by atoms with E-state index in [0.717, 1.165) is 0 Å². The summed E-state index contributed by atoms with van der Waals surface area (Å²) < 4.78 is 13.3. The van der Waals surface area contributed by atoms with Crippen LogP contribution in [0, 0.1) is 5.82 Å². The van der Waals surface area contributed by atoms with Gasteiger partial charge in [0.15, 0.2) is 0 Å². The summed E-state index contributed by atoms with van der Waals surface area (Å²) in [4.78, 5) is 10.8. The molecule has 0 aromatic heterocycles. The molecule has 0 unspecified atom stereocenters. The summed E-state index contributed by atoms with van der Waals surface area (Å²) in [6.45, 7) is 0. The van der Waals surface area contributed by atoms with Crippen molar-refractivity contribution in [3.63, 3.8) is 0 Å². The van der Waals surface area contributed by atoms with Crippen molar-refractivity contribution in [2.75, 3.05) is 0 Å². The number of fused-ring (bicyclic) bond motifs is 1. The van der Waals surface area contributed by atoms with E-state index in [2.05, 4.69) is 0 Å². The van der Waals surface area contributed by atoms with E-state index in [1.165, 1.54) is 12.1 Å². The fourth-order valence-corrected chi connectivity index (χ4v) is 1.47. The second-order valence-corrected chi connectivity index (χ2v) is 2.95. The van der Waals surface area contributed by atoms with Crippen molar-refractivity contribution in [1.82, 2.24) is 0 Å². The maximum Gasteiger partial charge on any atom is 0.336 e. The molecular formula is C11H7FO2. The first-order valence-electron chi connectivity index (χ1n) is 4.10. The topological polar surface area (TPSA) is 37.3 Å². The minimum Gasteiger partial charge on any atom is -0.478 e. The molecular weight excluding hydrogens is 183 g/mol. The van der Waals surface area contributed by atoms with Crippen molar-refractivity contribution >= 4 is 16.7 Å². The number of rotatable bonds is 1. The lowest BCUT2D eigenvalue weighted by atomic mass is 10.0. The Morgan fingerprint density at radius 3 is 2.43 bits per heavy atom. The maximum absolute atomic E-state index is 13.3. The van der Waals surface area contributed by atoms with Gasteiger partial charge in [-0.05, 0) is 17.5 Å². The molecule has 2 aromatic rings. The van der Waals surface area contributed by atoms with Gasteiger partial charge in [0.25, 0.3) is 0 Å². The van der Waals surface area contributed by atoms with E-state index in [-0.39, 0.29) is 10.9 Å². The second-order valence-electron chi connectivity index (χ2n) is 2.95. The van der Waals surface area contributed by atoms with Gasteiger partial charge < -0.3 is 5.11 Å². The van der Waals surface area contributed by atoms with Crippen LogP contribution in [-0.2, 0) is 0 Å². The monoisotopic (exact) mass is 190 g/mol. The molecule has 0 atom stereocenters. The molecule has 0 aliphatic carbocycles. The van der Waals surface area contributed by atoms with Crippen LogP contribution in [0.1, 0.15) is 10.4 Å². The van der Waals surface area contributed by atoms with Gasteiger partial charge in [-0.25, -0.2) is 9.18 Å². The van der Waals surface area contributed by atoms with Crippen LogP contribution in [0.5, 0.6) is 0 Å². The normalized spacial score (nSPS) is 10.4. The largest absolute Gasteiger partial charge is 0.478 e. The average molecular weight is 190 g/mol. The Bertz CT molecular complexity index is 500. The van der Waals surface area contributed by atoms with Gasteiger partial charge in [0.05, 0.1) is 5.56 Å². The van der Waals surface area contributed by atoms with E-state index in [4.69, 9.17) is 5.11 Å². The molecule has 2 nitrogen and oxygen atoms in total. The molecule has 70 valence electrons. The highest BCUT2D eigenvalue weighted by atomic mass is 19.1. The Hall–Kier alpha value is -1.90. The lowest BCUT2D eigenvalue weighted by molar-refractivity contribution is 0.0698. The summed E-state index contributed by atoms with van der Waals surface area (Å²) in [5.41, 5.74) is 0.000556. The molecule has 2 aromatic carbocycles. The van der Waals surface area contributed by atoms with Crippen LogP contribution in [0.2, 0.25) is 0 Å². The fourth-order valence-electron chi connectivity index (χ4n) is 1.47. The Morgan fingerprint density at radius 2 is 1.79 bits per heavy atom. The number of carboxylic acids is 1. The highest BCUT2D eigenvalue weighted by Gasteiger charge is 2.10. The molecule has 0 spiro atoms. The summed E-state index contributed by atoms with van der Waals surface area (Å²) >= 11 is 0. The van der Waals surface area contributed by atoms with Crippen LogP contribution in [0.15, 0.2) is 36.4 Å². The van der Waals surface area contributed by atoms with Gasteiger partial charge in [-0.2, -0.15) is 0 Å². The minimum absolute atomic E-state index is 0.000556. The highest BCUT2D eigenvalue weighted by molar-refractivity contribution is 6.03. The molecule has 0 bridgehead atoms. The Balaban J connectivity index is 2.91. The third-order valence-electron chi connectivity index (χ3n) is 2.08. The first-order valence-corrected chi connectivity index (χ1v) is 4.10. The van der Waals surface area contributed by atoms with Gasteiger partial charge in [0, 0.05) is 5.39 Å². The summed E-state index contributed by atoms with van der Waals surface area (Å²) in [5, 5.41) is 9.61. The predicted octanol–water partition coefficient (Wildman–Crippen LogP) is 2.68. The van der Waals surface area contributed by atoms with Crippen LogP contribution in [0.3, 0.4) is 0 Å². The minimum atomic E-state index is -1.11. The van der Waals surface area contributed by atoms with Crippen molar-refractivity contribution in [2.24, 2.45) is 0 Å². The van der Waals surface area contributed by atoms with Gasteiger partial charge in [-0.1, -0.05) is 24.3 Å². The smallest absolute Gasteiger partial charge is 0.336 e. The standard InChI is InChI=1S/C11H7FO2/c12-9-6-2-4-7-3-1-5-8(10(7)9)11(13)14/h1-6H,(H,13,14). The van der Waals surface area contributed by atoms with Gasteiger partial charge in [-0.3, -0.25) is 0 Å². The van der Waals surface area contributed by atoms with Crippen LogP contribution >= 0.6 is 0 Å². The Morgan fingerprint density at radius 1 is 1.14 bits per heavy atom. The molecule has 0 saturated heterocycles. The molecule has 0 amide bonds. The molecule has 0 saturated carbocycles. The molecule has 14 heavy (non-hydrogen) atoms. The van der Waals surface area contributed by atoms with Gasteiger partial charge in [-0.15, -0.1) is 0 Å². The average Bonchev–Trinajstić information content (AvgIpc) is 2.17. The van der Waals surface area contributed by atoms with Crippen molar-refractivity contribution < 1.29 is 14.3 Å². The van der Waals surface area contributed by atoms with Gasteiger partial charge in [0.1, 0.15) is 5.82 Å². The van der Waals surface area contributed by atoms with E-state index in [1.54, 1.807) is 24.3 Å². The lowest BCUT2D eigenvalue weighted by Gasteiger charge is -2.02. The number of aromatic carboxylic acids is 1. The number of carbonyl (C=O) groups is 1. The SMILES string of the molecule is O=C(O)c1cccc2cccc(F)c12. The van der Waals surface area contributed by atoms with Crippen LogP contribution < -0.4 is 0 Å². The van der Waals surface area contributed by atoms with Gasteiger partial charge in [0.2, 0.25) is 0 Å². The molecule has 0 fully saturated rings. The zero-order valence-corrected chi connectivity index (χ0v) is 7.20. The molecule has 0 aliphatic rings. The summed E-state index contributed by atoms with van der Waals surface area (Å²) in [6.07, 6.45) is 0. The van der Waals surface area contributed by atoms with E-state index >= 15 is 0 Å². The van der Waals surface area contributed by atoms with E-state index < -0.39 is 11.8 Å². The maximum atomic E-state index is 13.3. The van der Waals surface area contributed by atoms with Crippen LogP contribution in [0.4, 0.5) is 4.39 Å². The van der Waals surface area contributed by atoms with Crippen molar-refractivity contribution in [2.45, 2.75) is 0 Å². The van der Waals surface area contributed by atoms with Crippen molar-refractivity contribution in [3.05, 3.63) is 47.8 Å². The predicted molar refractivity (Wildman–Crippen MR) is 50.9 cm³/mol. The number of carboxylic acid groups (broad SMARTS) is 1. The summed E-state index contributed by atoms with van der Waals surface area (Å²) in [6, 6.07) is 9.19.